The summed E-state index contributed by atoms with van der Waals surface area (Å²) in [6, 6.07) is 17.1. The van der Waals surface area contributed by atoms with Crippen LogP contribution in [0.1, 0.15) is 48.0 Å². The van der Waals surface area contributed by atoms with E-state index in [1.165, 1.54) is 0 Å². The molecule has 3 atom stereocenters. The van der Waals surface area contributed by atoms with Crippen LogP contribution in [0.3, 0.4) is 0 Å². The molecule has 4 heteroatoms. The van der Waals surface area contributed by atoms with E-state index in [1.807, 2.05) is 59.5 Å². The number of halogens is 1. The Balaban J connectivity index is 1.65. The van der Waals surface area contributed by atoms with Gasteiger partial charge < -0.3 is 10.0 Å². The smallest absolute Gasteiger partial charge is 0.254 e. The number of hydrogen-bond donors (Lipinski definition) is 1. The SMILES string of the molecule is O=C(c1ccccc1)N1CCC(O)(c2ccc(Cl)cc2)C2CCCCC21. The van der Waals surface area contributed by atoms with Gasteiger partial charge in [-0.1, -0.05) is 54.8 Å². The summed E-state index contributed by atoms with van der Waals surface area (Å²) in [5.41, 5.74) is 0.766. The van der Waals surface area contributed by atoms with Gasteiger partial charge in [0.05, 0.1) is 5.60 Å². The fourth-order valence-corrected chi connectivity index (χ4v) is 4.91. The monoisotopic (exact) mass is 369 g/mol. The van der Waals surface area contributed by atoms with Crippen LogP contribution in [0.25, 0.3) is 0 Å². The Morgan fingerprint density at radius 2 is 1.73 bits per heavy atom. The van der Waals surface area contributed by atoms with Gasteiger partial charge in [-0.3, -0.25) is 4.79 Å². The number of benzene rings is 2. The molecule has 3 unspecified atom stereocenters. The Morgan fingerprint density at radius 3 is 2.46 bits per heavy atom. The molecule has 0 spiro atoms. The van der Waals surface area contributed by atoms with E-state index < -0.39 is 5.60 Å². The molecule has 1 aliphatic heterocycles. The van der Waals surface area contributed by atoms with Crippen LogP contribution < -0.4 is 0 Å². The average molecular weight is 370 g/mol. The minimum absolute atomic E-state index is 0.0684. The quantitative estimate of drug-likeness (QED) is 0.838. The average Bonchev–Trinajstić information content (AvgIpc) is 2.69. The van der Waals surface area contributed by atoms with E-state index in [2.05, 4.69) is 0 Å². The fourth-order valence-electron chi connectivity index (χ4n) is 4.78. The maximum Gasteiger partial charge on any atom is 0.254 e. The lowest BCUT2D eigenvalue weighted by Gasteiger charge is -2.52. The maximum atomic E-state index is 13.1. The highest BCUT2D eigenvalue weighted by Crippen LogP contribution is 2.47. The molecule has 2 fully saturated rings. The molecule has 0 aromatic heterocycles. The Kier molecular flexibility index (Phi) is 4.76. The Hall–Kier alpha value is -1.84. The molecule has 1 saturated carbocycles. The third-order valence-corrected chi connectivity index (χ3v) is 6.35. The van der Waals surface area contributed by atoms with Gasteiger partial charge in [-0.05, 0) is 49.1 Å². The summed E-state index contributed by atoms with van der Waals surface area (Å²) < 4.78 is 0. The third-order valence-electron chi connectivity index (χ3n) is 6.10. The van der Waals surface area contributed by atoms with Crippen molar-refractivity contribution in [3.8, 4) is 0 Å². The number of amides is 1. The Bertz CT molecular complexity index is 776. The van der Waals surface area contributed by atoms with E-state index in [0.29, 0.717) is 18.0 Å². The van der Waals surface area contributed by atoms with Crippen molar-refractivity contribution in [2.75, 3.05) is 6.54 Å². The number of piperidine rings is 1. The lowest BCUT2D eigenvalue weighted by atomic mass is 9.66. The van der Waals surface area contributed by atoms with E-state index in [1.54, 1.807) is 0 Å². The van der Waals surface area contributed by atoms with Gasteiger partial charge in [0.25, 0.3) is 5.91 Å². The molecule has 1 aliphatic carbocycles. The van der Waals surface area contributed by atoms with Crippen molar-refractivity contribution in [2.45, 2.75) is 43.7 Å². The van der Waals surface area contributed by atoms with Gasteiger partial charge in [-0.25, -0.2) is 0 Å². The van der Waals surface area contributed by atoms with Gasteiger partial charge in [0, 0.05) is 29.1 Å². The third kappa shape index (κ3) is 3.04. The Morgan fingerprint density at radius 1 is 1.04 bits per heavy atom. The Labute approximate surface area is 159 Å². The van der Waals surface area contributed by atoms with Crippen molar-refractivity contribution in [3.63, 3.8) is 0 Å². The minimum atomic E-state index is -0.886. The van der Waals surface area contributed by atoms with Crippen LogP contribution in [0.2, 0.25) is 5.02 Å². The van der Waals surface area contributed by atoms with Crippen molar-refractivity contribution >= 4 is 17.5 Å². The predicted octanol–water partition coefficient (Wildman–Crippen LogP) is 4.63. The molecule has 2 aromatic carbocycles. The summed E-state index contributed by atoms with van der Waals surface area (Å²) in [7, 11) is 0. The standard InChI is InChI=1S/C22H24ClNO2/c23-18-12-10-17(11-13-18)22(26)14-15-24(20-9-5-4-8-19(20)22)21(25)16-6-2-1-3-7-16/h1-3,6-7,10-13,19-20,26H,4-5,8-9,14-15H2. The molecule has 1 heterocycles. The lowest BCUT2D eigenvalue weighted by molar-refractivity contribution is -0.110. The number of rotatable bonds is 2. The van der Waals surface area contributed by atoms with Crippen molar-refractivity contribution in [1.29, 1.82) is 0 Å². The second kappa shape index (κ2) is 7.05. The zero-order valence-corrected chi connectivity index (χ0v) is 15.5. The largest absolute Gasteiger partial charge is 0.385 e. The number of hydrogen-bond acceptors (Lipinski definition) is 2. The first-order valence-electron chi connectivity index (χ1n) is 9.44. The molecule has 1 N–H and O–H groups in total. The number of carbonyl (C=O) groups excluding carboxylic acids is 1. The van der Waals surface area contributed by atoms with Crippen LogP contribution >= 0.6 is 11.6 Å². The fraction of sp³-hybridized carbons (Fsp3) is 0.409. The molecule has 4 rings (SSSR count). The van der Waals surface area contributed by atoms with Crippen LogP contribution in [-0.2, 0) is 5.60 Å². The first-order valence-corrected chi connectivity index (χ1v) is 9.82. The highest BCUT2D eigenvalue weighted by molar-refractivity contribution is 6.30. The summed E-state index contributed by atoms with van der Waals surface area (Å²) >= 11 is 6.03. The number of carbonyl (C=O) groups is 1. The summed E-state index contributed by atoms with van der Waals surface area (Å²) in [5.74, 6) is 0.152. The van der Waals surface area contributed by atoms with Gasteiger partial charge in [0.1, 0.15) is 0 Å². The van der Waals surface area contributed by atoms with Crippen LogP contribution in [-0.4, -0.2) is 28.5 Å². The van der Waals surface area contributed by atoms with E-state index in [0.717, 1.165) is 36.8 Å². The molecule has 26 heavy (non-hydrogen) atoms. The highest BCUT2D eigenvalue weighted by atomic mass is 35.5. The molecule has 3 nitrogen and oxygen atoms in total. The van der Waals surface area contributed by atoms with Crippen molar-refractivity contribution in [2.24, 2.45) is 5.92 Å². The van der Waals surface area contributed by atoms with Crippen LogP contribution in [0.4, 0.5) is 0 Å². The second-order valence-corrected chi connectivity index (χ2v) is 7.94. The van der Waals surface area contributed by atoms with Crippen LogP contribution in [0, 0.1) is 5.92 Å². The van der Waals surface area contributed by atoms with Gasteiger partial charge in [0.2, 0.25) is 0 Å². The maximum absolute atomic E-state index is 13.1. The van der Waals surface area contributed by atoms with Crippen LogP contribution in [0.15, 0.2) is 54.6 Å². The minimum Gasteiger partial charge on any atom is -0.385 e. The van der Waals surface area contributed by atoms with Gasteiger partial charge in [-0.15, -0.1) is 0 Å². The van der Waals surface area contributed by atoms with Crippen molar-refractivity contribution < 1.29 is 9.90 Å². The van der Waals surface area contributed by atoms with Crippen LogP contribution in [0.5, 0.6) is 0 Å². The van der Waals surface area contributed by atoms with E-state index in [4.69, 9.17) is 11.6 Å². The first kappa shape index (κ1) is 17.6. The lowest BCUT2D eigenvalue weighted by Crippen LogP contribution is -2.58. The van der Waals surface area contributed by atoms with E-state index in [9.17, 15) is 9.90 Å². The molecule has 2 aliphatic rings. The molecular weight excluding hydrogens is 346 g/mol. The number of aliphatic hydroxyl groups is 1. The summed E-state index contributed by atoms with van der Waals surface area (Å²) in [5, 5.41) is 12.3. The second-order valence-electron chi connectivity index (χ2n) is 7.50. The number of fused-ring (bicyclic) bond motifs is 1. The number of likely N-dealkylation sites (tertiary alicyclic amines) is 1. The zero-order valence-electron chi connectivity index (χ0n) is 14.8. The number of nitrogens with zero attached hydrogens (tertiary/aromatic N) is 1. The molecule has 1 amide bonds. The molecule has 2 aromatic rings. The molecular formula is C22H24ClNO2. The molecule has 0 radical (unpaired) electrons. The molecule has 1 saturated heterocycles. The topological polar surface area (TPSA) is 40.5 Å². The molecule has 136 valence electrons. The van der Waals surface area contributed by atoms with Crippen molar-refractivity contribution in [3.05, 3.63) is 70.7 Å². The predicted molar refractivity (Wildman–Crippen MR) is 103 cm³/mol. The summed E-state index contributed by atoms with van der Waals surface area (Å²) in [6.07, 6.45) is 4.68. The first-order chi connectivity index (χ1) is 12.6. The van der Waals surface area contributed by atoms with Gasteiger partial charge in [0.15, 0.2) is 0 Å². The van der Waals surface area contributed by atoms with Gasteiger partial charge >= 0.3 is 0 Å². The molecule has 0 bridgehead atoms. The van der Waals surface area contributed by atoms with Crippen molar-refractivity contribution in [1.82, 2.24) is 4.90 Å². The summed E-state index contributed by atoms with van der Waals surface area (Å²) in [6.45, 7) is 0.577. The highest BCUT2D eigenvalue weighted by Gasteiger charge is 2.50. The van der Waals surface area contributed by atoms with Gasteiger partial charge in [-0.2, -0.15) is 0 Å². The zero-order chi connectivity index (χ0) is 18.1. The van der Waals surface area contributed by atoms with E-state index >= 15 is 0 Å². The summed E-state index contributed by atoms with van der Waals surface area (Å²) in [4.78, 5) is 15.1. The van der Waals surface area contributed by atoms with E-state index in [-0.39, 0.29) is 17.9 Å². The normalized spacial score (nSPS) is 28.5.